The second-order valence-electron chi connectivity index (χ2n) is 5.81. The zero-order chi connectivity index (χ0) is 17.8. The van der Waals surface area contributed by atoms with Crippen molar-refractivity contribution in [2.75, 3.05) is 31.1 Å². The summed E-state index contributed by atoms with van der Waals surface area (Å²) < 4.78 is 0. The molecule has 0 aliphatic carbocycles. The molecule has 0 radical (unpaired) electrons. The zero-order valence-electron chi connectivity index (χ0n) is 13.4. The van der Waals surface area contributed by atoms with Gasteiger partial charge in [-0.05, 0) is 23.8 Å². The lowest BCUT2D eigenvalue weighted by Crippen LogP contribution is -2.46. The minimum atomic E-state index is -0.622. The van der Waals surface area contributed by atoms with Crippen LogP contribution in [0.5, 0.6) is 0 Å². The summed E-state index contributed by atoms with van der Waals surface area (Å²) in [4.78, 5) is 29.1. The highest BCUT2D eigenvalue weighted by Gasteiger charge is 2.26. The second-order valence-corrected chi connectivity index (χ2v) is 5.81. The average Bonchev–Trinajstić information content (AvgIpc) is 2.62. The van der Waals surface area contributed by atoms with Crippen molar-refractivity contribution in [3.8, 4) is 0 Å². The molecule has 1 aliphatic rings. The summed E-state index contributed by atoms with van der Waals surface area (Å²) in [6.45, 7) is 3.58. The highest BCUT2D eigenvalue weighted by atomic mass is 16.6. The number of hydrogen-bond donors (Lipinski definition) is 0. The van der Waals surface area contributed by atoms with Crippen molar-refractivity contribution in [1.29, 1.82) is 0 Å². The minimum absolute atomic E-state index is 0.225. The van der Waals surface area contributed by atoms with Gasteiger partial charge in [-0.1, -0.05) is 0 Å². The fraction of sp³-hybridized carbons (Fsp3) is 0.312. The van der Waals surface area contributed by atoms with Gasteiger partial charge in [0.25, 0.3) is 11.4 Å². The monoisotopic (exact) mass is 343 g/mol. The summed E-state index contributed by atoms with van der Waals surface area (Å²) in [5.41, 5.74) is 1.10. The van der Waals surface area contributed by atoms with Crippen molar-refractivity contribution in [3.05, 3.63) is 68.5 Å². The molecule has 130 valence electrons. The molecule has 0 spiro atoms. The molecule has 1 fully saturated rings. The highest BCUT2D eigenvalue weighted by molar-refractivity contribution is 5.67. The molecule has 25 heavy (non-hydrogen) atoms. The van der Waals surface area contributed by atoms with Gasteiger partial charge in [-0.2, -0.15) is 0 Å². The van der Waals surface area contributed by atoms with Crippen LogP contribution in [0.3, 0.4) is 0 Å². The van der Waals surface area contributed by atoms with Crippen LogP contribution in [0.4, 0.5) is 17.1 Å². The zero-order valence-corrected chi connectivity index (χ0v) is 13.4. The molecule has 0 saturated carbocycles. The molecule has 2 heterocycles. The van der Waals surface area contributed by atoms with Crippen LogP contribution in [-0.4, -0.2) is 45.9 Å². The van der Waals surface area contributed by atoms with Crippen LogP contribution in [-0.2, 0) is 6.54 Å². The van der Waals surface area contributed by atoms with E-state index in [-0.39, 0.29) is 11.4 Å². The molecule has 1 aliphatic heterocycles. The first-order valence-electron chi connectivity index (χ1n) is 7.83. The Labute approximate surface area is 143 Å². The number of piperazine rings is 1. The molecule has 0 bridgehead atoms. The number of hydrogen-bond acceptors (Lipinski definition) is 7. The van der Waals surface area contributed by atoms with E-state index in [1.54, 1.807) is 12.4 Å². The Hall–Kier alpha value is -3.07. The Morgan fingerprint density at radius 2 is 1.64 bits per heavy atom. The Kier molecular flexibility index (Phi) is 4.85. The van der Waals surface area contributed by atoms with Crippen LogP contribution in [0.25, 0.3) is 0 Å². The minimum Gasteiger partial charge on any atom is -0.363 e. The third-order valence-corrected chi connectivity index (χ3v) is 4.24. The van der Waals surface area contributed by atoms with Crippen molar-refractivity contribution in [1.82, 2.24) is 9.88 Å². The van der Waals surface area contributed by atoms with Crippen molar-refractivity contribution in [3.63, 3.8) is 0 Å². The van der Waals surface area contributed by atoms with Crippen LogP contribution in [0.2, 0.25) is 0 Å². The van der Waals surface area contributed by atoms with E-state index in [1.165, 1.54) is 17.7 Å². The molecule has 3 rings (SSSR count). The second kappa shape index (κ2) is 7.22. The average molecular weight is 343 g/mol. The maximum atomic E-state index is 11.3. The van der Waals surface area contributed by atoms with Gasteiger partial charge in [0.05, 0.1) is 15.9 Å². The first-order chi connectivity index (χ1) is 12.0. The topological polar surface area (TPSA) is 106 Å². The van der Waals surface area contributed by atoms with Gasteiger partial charge in [0.2, 0.25) is 0 Å². The summed E-state index contributed by atoms with van der Waals surface area (Å²) in [6, 6.07) is 7.74. The molecular formula is C16H17N5O4. The van der Waals surface area contributed by atoms with E-state index in [2.05, 4.69) is 9.88 Å². The SMILES string of the molecule is O=[N+]([O-])c1ccc(N2CCN(Cc3ccncc3)CC2)c([N+](=O)[O-])c1. The van der Waals surface area contributed by atoms with Gasteiger partial charge in [-0.25, -0.2) is 0 Å². The molecule has 1 aromatic heterocycles. The summed E-state index contributed by atoms with van der Waals surface area (Å²) in [7, 11) is 0. The lowest BCUT2D eigenvalue weighted by molar-refractivity contribution is -0.393. The number of non-ortho nitro benzene ring substituents is 1. The van der Waals surface area contributed by atoms with Crippen LogP contribution < -0.4 is 4.90 Å². The number of benzene rings is 1. The van der Waals surface area contributed by atoms with Crippen LogP contribution >= 0.6 is 0 Å². The lowest BCUT2D eigenvalue weighted by Gasteiger charge is -2.35. The van der Waals surface area contributed by atoms with Gasteiger partial charge in [-0.15, -0.1) is 0 Å². The highest BCUT2D eigenvalue weighted by Crippen LogP contribution is 2.32. The van der Waals surface area contributed by atoms with E-state index in [9.17, 15) is 20.2 Å². The molecule has 1 saturated heterocycles. The van der Waals surface area contributed by atoms with Crippen LogP contribution in [0.1, 0.15) is 5.56 Å². The molecule has 0 N–H and O–H groups in total. The van der Waals surface area contributed by atoms with E-state index in [4.69, 9.17) is 0 Å². The molecule has 1 aromatic carbocycles. The van der Waals surface area contributed by atoms with Crippen molar-refractivity contribution < 1.29 is 9.85 Å². The predicted octanol–water partition coefficient (Wildman–Crippen LogP) is 2.22. The largest absolute Gasteiger partial charge is 0.363 e. The fourth-order valence-corrected chi connectivity index (χ4v) is 2.93. The molecule has 2 aromatic rings. The Morgan fingerprint density at radius 3 is 2.24 bits per heavy atom. The number of pyridine rings is 1. The van der Waals surface area contributed by atoms with Gasteiger partial charge in [0, 0.05) is 51.2 Å². The number of aromatic nitrogens is 1. The van der Waals surface area contributed by atoms with E-state index in [0.29, 0.717) is 18.8 Å². The Balaban J connectivity index is 1.70. The van der Waals surface area contributed by atoms with Gasteiger partial charge in [0.1, 0.15) is 5.69 Å². The third kappa shape index (κ3) is 3.89. The van der Waals surface area contributed by atoms with Gasteiger partial charge >= 0.3 is 0 Å². The summed E-state index contributed by atoms with van der Waals surface area (Å²) in [5, 5.41) is 22.1. The van der Waals surface area contributed by atoms with E-state index < -0.39 is 9.85 Å². The normalized spacial score (nSPS) is 15.1. The van der Waals surface area contributed by atoms with Crippen molar-refractivity contribution in [2.45, 2.75) is 6.54 Å². The molecule has 9 nitrogen and oxygen atoms in total. The first-order valence-corrected chi connectivity index (χ1v) is 7.83. The van der Waals surface area contributed by atoms with E-state index >= 15 is 0 Å². The molecule has 9 heteroatoms. The smallest absolute Gasteiger partial charge is 0.299 e. The first kappa shape index (κ1) is 16.8. The maximum absolute atomic E-state index is 11.3. The number of nitrogens with zero attached hydrogens (tertiary/aromatic N) is 5. The fourth-order valence-electron chi connectivity index (χ4n) is 2.93. The van der Waals surface area contributed by atoms with Gasteiger partial charge in [0.15, 0.2) is 0 Å². The van der Waals surface area contributed by atoms with Crippen LogP contribution in [0.15, 0.2) is 42.7 Å². The van der Waals surface area contributed by atoms with Gasteiger partial charge in [-0.3, -0.25) is 30.1 Å². The summed E-state index contributed by atoms with van der Waals surface area (Å²) in [6.07, 6.45) is 3.51. The van der Waals surface area contributed by atoms with Crippen molar-refractivity contribution in [2.24, 2.45) is 0 Å². The summed E-state index contributed by atoms with van der Waals surface area (Å²) in [5.74, 6) is 0. The van der Waals surface area contributed by atoms with Crippen molar-refractivity contribution >= 4 is 17.1 Å². The standard InChI is InChI=1S/C16H17N5O4/c22-20(23)14-1-2-15(16(11-14)21(24)25)19-9-7-18(8-10-19)12-13-3-5-17-6-4-13/h1-6,11H,7-10,12H2. The number of rotatable bonds is 5. The summed E-state index contributed by atoms with van der Waals surface area (Å²) >= 11 is 0. The molecular weight excluding hydrogens is 326 g/mol. The predicted molar refractivity (Wildman–Crippen MR) is 91.5 cm³/mol. The maximum Gasteiger partial charge on any atom is 0.299 e. The lowest BCUT2D eigenvalue weighted by atomic mass is 10.2. The molecule has 0 atom stereocenters. The Bertz CT molecular complexity index is 775. The molecule has 0 unspecified atom stereocenters. The van der Waals surface area contributed by atoms with Gasteiger partial charge < -0.3 is 4.90 Å². The molecule has 0 amide bonds. The van der Waals surface area contributed by atoms with Crippen LogP contribution in [0, 0.1) is 20.2 Å². The third-order valence-electron chi connectivity index (χ3n) is 4.24. The van der Waals surface area contributed by atoms with E-state index in [0.717, 1.165) is 25.7 Å². The van der Waals surface area contributed by atoms with E-state index in [1.807, 2.05) is 17.0 Å². The number of nitro groups is 2. The quantitative estimate of drug-likeness (QED) is 0.605. The Morgan fingerprint density at radius 1 is 0.960 bits per heavy atom. The number of anilines is 1. The number of nitro benzene ring substituents is 2.